The van der Waals surface area contributed by atoms with E-state index in [2.05, 4.69) is 20.4 Å². The fourth-order valence-corrected chi connectivity index (χ4v) is 4.83. The van der Waals surface area contributed by atoms with E-state index in [1.807, 2.05) is 0 Å². The number of benzene rings is 1. The molecule has 1 amide bonds. The van der Waals surface area contributed by atoms with Crippen LogP contribution in [0, 0.1) is 0 Å². The van der Waals surface area contributed by atoms with Gasteiger partial charge in [-0.05, 0) is 49.2 Å². The van der Waals surface area contributed by atoms with Gasteiger partial charge in [0.15, 0.2) is 18.1 Å². The van der Waals surface area contributed by atoms with Crippen molar-refractivity contribution < 1.29 is 22.7 Å². The zero-order chi connectivity index (χ0) is 23.1. The zero-order valence-electron chi connectivity index (χ0n) is 18.2. The second kappa shape index (κ2) is 10.5. The first-order chi connectivity index (χ1) is 15.3. The summed E-state index contributed by atoms with van der Waals surface area (Å²) < 4.78 is 31.4. The Balaban J connectivity index is 1.51. The van der Waals surface area contributed by atoms with Crippen molar-refractivity contribution in [2.45, 2.75) is 31.6 Å². The number of rotatable bonds is 9. The summed E-state index contributed by atoms with van der Waals surface area (Å²) >= 11 is 0. The molecule has 0 spiro atoms. The number of carbonyl (C=O) groups is 2. The lowest BCUT2D eigenvalue weighted by Crippen LogP contribution is -2.30. The first-order valence-corrected chi connectivity index (χ1v) is 11.9. The standard InChI is InChI=1S/C21H27N5O5S/c1-3-26(4-2)32(29,30)17-9-7-16(8-10-17)22-20(27)15-31-21(28)18-11-12-19(24-23-18)25-13-5-6-14-25/h7-12H,3-6,13-15H2,1-2H3,(H,22,27). The van der Waals surface area contributed by atoms with Gasteiger partial charge in [-0.1, -0.05) is 13.8 Å². The average Bonchev–Trinajstić information content (AvgIpc) is 3.33. The molecule has 1 aliphatic heterocycles. The van der Waals surface area contributed by atoms with Crippen LogP contribution in [0.5, 0.6) is 0 Å². The Bertz CT molecular complexity index is 1030. The molecule has 10 nitrogen and oxygen atoms in total. The number of carbonyl (C=O) groups excluding carboxylic acids is 2. The second-order valence-corrected chi connectivity index (χ2v) is 9.15. The molecule has 2 heterocycles. The molecule has 1 aliphatic rings. The minimum Gasteiger partial charge on any atom is -0.451 e. The van der Waals surface area contributed by atoms with Crippen molar-refractivity contribution in [1.82, 2.24) is 14.5 Å². The maximum absolute atomic E-state index is 12.5. The molecule has 0 aliphatic carbocycles. The molecule has 11 heteroatoms. The fourth-order valence-electron chi connectivity index (χ4n) is 3.37. The number of nitrogens with zero attached hydrogens (tertiary/aromatic N) is 4. The summed E-state index contributed by atoms with van der Waals surface area (Å²) in [6.45, 7) is 5.60. The highest BCUT2D eigenvalue weighted by Crippen LogP contribution is 2.19. The third-order valence-electron chi connectivity index (χ3n) is 5.11. The molecule has 0 atom stereocenters. The number of hydrogen-bond donors (Lipinski definition) is 1. The number of sulfonamides is 1. The van der Waals surface area contributed by atoms with E-state index in [0.29, 0.717) is 24.6 Å². The number of ether oxygens (including phenoxy) is 1. The van der Waals surface area contributed by atoms with Crippen LogP contribution in [0.25, 0.3) is 0 Å². The van der Waals surface area contributed by atoms with E-state index < -0.39 is 28.5 Å². The van der Waals surface area contributed by atoms with Crippen molar-refractivity contribution >= 4 is 33.4 Å². The average molecular weight is 462 g/mol. The van der Waals surface area contributed by atoms with E-state index in [1.54, 1.807) is 19.9 Å². The molecule has 0 radical (unpaired) electrons. The van der Waals surface area contributed by atoms with Gasteiger partial charge in [0.05, 0.1) is 4.90 Å². The summed E-state index contributed by atoms with van der Waals surface area (Å²) in [5, 5.41) is 10.5. The van der Waals surface area contributed by atoms with Crippen molar-refractivity contribution in [2.24, 2.45) is 0 Å². The number of hydrogen-bond acceptors (Lipinski definition) is 8. The number of amides is 1. The number of esters is 1. The van der Waals surface area contributed by atoms with E-state index in [1.165, 1.54) is 34.6 Å². The van der Waals surface area contributed by atoms with Crippen LogP contribution in [-0.2, 0) is 19.6 Å². The Morgan fingerprint density at radius 3 is 2.25 bits per heavy atom. The number of anilines is 2. The molecule has 1 N–H and O–H groups in total. The van der Waals surface area contributed by atoms with Crippen molar-refractivity contribution in [3.8, 4) is 0 Å². The van der Waals surface area contributed by atoms with Crippen LogP contribution in [0.4, 0.5) is 11.5 Å². The summed E-state index contributed by atoms with van der Waals surface area (Å²) in [5.74, 6) is -0.594. The molecule has 0 unspecified atom stereocenters. The smallest absolute Gasteiger partial charge is 0.359 e. The third-order valence-corrected chi connectivity index (χ3v) is 7.17. The molecule has 3 rings (SSSR count). The summed E-state index contributed by atoms with van der Waals surface area (Å²) in [5.41, 5.74) is 0.408. The zero-order valence-corrected chi connectivity index (χ0v) is 19.0. The van der Waals surface area contributed by atoms with E-state index in [0.717, 1.165) is 25.9 Å². The van der Waals surface area contributed by atoms with E-state index in [4.69, 9.17) is 4.74 Å². The molecular formula is C21H27N5O5S. The van der Waals surface area contributed by atoms with Crippen molar-refractivity contribution in [3.63, 3.8) is 0 Å². The minimum atomic E-state index is -3.57. The van der Waals surface area contributed by atoms with Crippen LogP contribution in [0.1, 0.15) is 37.2 Å². The van der Waals surface area contributed by atoms with Crippen molar-refractivity contribution in [1.29, 1.82) is 0 Å². The van der Waals surface area contributed by atoms with Gasteiger partial charge in [-0.3, -0.25) is 4.79 Å². The van der Waals surface area contributed by atoms with Gasteiger partial charge in [-0.2, -0.15) is 4.31 Å². The highest BCUT2D eigenvalue weighted by Gasteiger charge is 2.21. The molecule has 1 saturated heterocycles. The largest absolute Gasteiger partial charge is 0.451 e. The van der Waals surface area contributed by atoms with Gasteiger partial charge in [-0.25, -0.2) is 13.2 Å². The van der Waals surface area contributed by atoms with E-state index in [-0.39, 0.29) is 10.6 Å². The van der Waals surface area contributed by atoms with E-state index in [9.17, 15) is 18.0 Å². The second-order valence-electron chi connectivity index (χ2n) is 7.21. The minimum absolute atomic E-state index is 0.0201. The molecular weight excluding hydrogens is 434 g/mol. The van der Waals surface area contributed by atoms with Crippen LogP contribution >= 0.6 is 0 Å². The van der Waals surface area contributed by atoms with Gasteiger partial charge in [-0.15, -0.1) is 10.2 Å². The Labute approximate surface area is 187 Å². The van der Waals surface area contributed by atoms with Crippen LogP contribution in [0.2, 0.25) is 0 Å². The summed E-state index contributed by atoms with van der Waals surface area (Å²) in [6, 6.07) is 9.05. The lowest BCUT2D eigenvalue weighted by atomic mass is 10.3. The Morgan fingerprint density at radius 2 is 1.69 bits per heavy atom. The van der Waals surface area contributed by atoms with Gasteiger partial charge in [0, 0.05) is 31.9 Å². The topological polar surface area (TPSA) is 122 Å². The number of nitrogens with one attached hydrogen (secondary N) is 1. The number of aromatic nitrogens is 2. The molecule has 1 aromatic heterocycles. The normalized spacial score (nSPS) is 13.9. The maximum atomic E-state index is 12.5. The van der Waals surface area contributed by atoms with Crippen LogP contribution in [-0.4, -0.2) is 67.6 Å². The third kappa shape index (κ3) is 5.60. The van der Waals surface area contributed by atoms with Crippen LogP contribution in [0.3, 0.4) is 0 Å². The maximum Gasteiger partial charge on any atom is 0.359 e. The lowest BCUT2D eigenvalue weighted by Gasteiger charge is -2.18. The van der Waals surface area contributed by atoms with Gasteiger partial charge in [0.25, 0.3) is 5.91 Å². The first kappa shape index (κ1) is 23.6. The van der Waals surface area contributed by atoms with Gasteiger partial charge < -0.3 is 15.0 Å². The molecule has 0 bridgehead atoms. The Kier molecular flexibility index (Phi) is 7.75. The monoisotopic (exact) mass is 461 g/mol. The quantitative estimate of drug-likeness (QED) is 0.562. The molecule has 32 heavy (non-hydrogen) atoms. The van der Waals surface area contributed by atoms with Gasteiger partial charge in [0.1, 0.15) is 0 Å². The van der Waals surface area contributed by atoms with Crippen molar-refractivity contribution in [3.05, 3.63) is 42.1 Å². The predicted molar refractivity (Wildman–Crippen MR) is 119 cm³/mol. The summed E-state index contributed by atoms with van der Waals surface area (Å²) in [6.07, 6.45) is 2.21. The van der Waals surface area contributed by atoms with Crippen LogP contribution < -0.4 is 10.2 Å². The molecule has 0 saturated carbocycles. The molecule has 172 valence electrons. The summed E-state index contributed by atoms with van der Waals surface area (Å²) in [7, 11) is -3.57. The molecule has 2 aromatic rings. The first-order valence-electron chi connectivity index (χ1n) is 10.5. The van der Waals surface area contributed by atoms with Crippen molar-refractivity contribution in [2.75, 3.05) is 43.0 Å². The Hall–Kier alpha value is -3.05. The Morgan fingerprint density at radius 1 is 1.03 bits per heavy atom. The SMILES string of the molecule is CCN(CC)S(=O)(=O)c1ccc(NC(=O)COC(=O)c2ccc(N3CCCC3)nn2)cc1. The predicted octanol–water partition coefficient (Wildman–Crippen LogP) is 1.90. The van der Waals surface area contributed by atoms with Crippen LogP contribution in [0.15, 0.2) is 41.3 Å². The van der Waals surface area contributed by atoms with Gasteiger partial charge >= 0.3 is 5.97 Å². The van der Waals surface area contributed by atoms with E-state index >= 15 is 0 Å². The summed E-state index contributed by atoms with van der Waals surface area (Å²) in [4.78, 5) is 26.5. The fraction of sp³-hybridized carbons (Fsp3) is 0.429. The highest BCUT2D eigenvalue weighted by molar-refractivity contribution is 7.89. The highest BCUT2D eigenvalue weighted by atomic mass is 32.2. The van der Waals surface area contributed by atoms with Gasteiger partial charge in [0.2, 0.25) is 10.0 Å². The lowest BCUT2D eigenvalue weighted by molar-refractivity contribution is -0.119. The molecule has 1 aromatic carbocycles. The molecule has 1 fully saturated rings.